The van der Waals surface area contributed by atoms with Crippen LogP contribution in [-0.4, -0.2) is 89.8 Å². The van der Waals surface area contributed by atoms with Crippen LogP contribution in [0.2, 0.25) is 0 Å². The Morgan fingerprint density at radius 1 is 1.11 bits per heavy atom. The van der Waals surface area contributed by atoms with Crippen LogP contribution in [0.3, 0.4) is 0 Å². The first-order valence-electron chi connectivity index (χ1n) is 10.6. The highest BCUT2D eigenvalue weighted by molar-refractivity contribution is 5.94. The van der Waals surface area contributed by atoms with Crippen LogP contribution in [0.1, 0.15) is 38.3 Å². The highest BCUT2D eigenvalue weighted by Crippen LogP contribution is 2.26. The molecule has 2 aliphatic heterocycles. The van der Waals surface area contributed by atoms with E-state index in [-0.39, 0.29) is 6.03 Å². The third-order valence-electron chi connectivity index (χ3n) is 6.61. The molecule has 152 valence electrons. The van der Waals surface area contributed by atoms with Crippen LogP contribution in [-0.2, 0) is 0 Å². The lowest BCUT2D eigenvalue weighted by Crippen LogP contribution is -2.63. The zero-order chi connectivity index (χ0) is 19.7. The molecule has 0 bridgehead atoms. The molecule has 0 unspecified atom stereocenters. The predicted octanol–water partition coefficient (Wildman–Crippen LogP) is 2.27. The van der Waals surface area contributed by atoms with Crippen LogP contribution in [0.15, 0.2) is 18.3 Å². The van der Waals surface area contributed by atoms with Gasteiger partial charge in [-0.3, -0.25) is 9.88 Å². The third kappa shape index (κ3) is 3.85. The molecule has 3 aliphatic rings. The number of aromatic nitrogens is 1. The zero-order valence-corrected chi connectivity index (χ0v) is 17.1. The van der Waals surface area contributed by atoms with Gasteiger partial charge in [-0.1, -0.05) is 6.42 Å². The lowest BCUT2D eigenvalue weighted by Gasteiger charge is -2.46. The van der Waals surface area contributed by atoms with E-state index in [1.807, 2.05) is 23.2 Å². The highest BCUT2D eigenvalue weighted by Gasteiger charge is 2.36. The van der Waals surface area contributed by atoms with Crippen LogP contribution < -0.4 is 4.90 Å². The van der Waals surface area contributed by atoms with Crippen LogP contribution in [0.5, 0.6) is 0 Å². The third-order valence-corrected chi connectivity index (χ3v) is 6.61. The normalized spacial score (nSPS) is 21.6. The van der Waals surface area contributed by atoms with Gasteiger partial charge in [0.15, 0.2) is 0 Å². The van der Waals surface area contributed by atoms with E-state index in [0.29, 0.717) is 17.4 Å². The number of nitrogens with one attached hydrogen (secondary N) is 1. The van der Waals surface area contributed by atoms with Crippen molar-refractivity contribution in [2.24, 2.45) is 0 Å². The number of hydrogen-bond donors (Lipinski definition) is 1. The lowest BCUT2D eigenvalue weighted by molar-refractivity contribution is 0.109. The zero-order valence-electron chi connectivity index (χ0n) is 17.1. The second kappa shape index (κ2) is 8.07. The monoisotopic (exact) mass is 384 g/mol. The van der Waals surface area contributed by atoms with Gasteiger partial charge in [-0.25, -0.2) is 4.79 Å². The molecule has 0 atom stereocenters. The molecule has 3 heterocycles. The molecule has 0 radical (unpaired) electrons. The minimum absolute atomic E-state index is 0.202. The van der Waals surface area contributed by atoms with Crippen molar-refractivity contribution in [3.63, 3.8) is 0 Å². The number of rotatable bonds is 4. The van der Waals surface area contributed by atoms with E-state index >= 15 is 0 Å². The Morgan fingerprint density at radius 3 is 2.50 bits per heavy atom. The maximum absolute atomic E-state index is 12.9. The standard InChI is InChI=1S/C21H32N6O/c1-16(22)20-8-7-18(13-23-20)24(2)19-14-27(15-19)21(28)26-10-4-9-25(11-12-26)17-5-3-6-17/h7-8,13,17,19,22H,3-6,9-12,14-15H2,1-2H3. The van der Waals surface area contributed by atoms with Crippen molar-refractivity contribution in [3.05, 3.63) is 24.0 Å². The number of nitrogens with zero attached hydrogens (tertiary/aromatic N) is 5. The first-order valence-corrected chi connectivity index (χ1v) is 10.6. The van der Waals surface area contributed by atoms with Crippen LogP contribution in [0.25, 0.3) is 0 Å². The maximum atomic E-state index is 12.9. The fourth-order valence-corrected chi connectivity index (χ4v) is 4.33. The number of pyridine rings is 1. The second-order valence-corrected chi connectivity index (χ2v) is 8.44. The van der Waals surface area contributed by atoms with Crippen molar-refractivity contribution in [2.45, 2.75) is 44.7 Å². The van der Waals surface area contributed by atoms with E-state index in [1.54, 1.807) is 6.92 Å². The van der Waals surface area contributed by atoms with Crippen molar-refractivity contribution in [1.82, 2.24) is 19.7 Å². The average Bonchev–Trinajstić information content (AvgIpc) is 2.85. The molecular formula is C21H32N6O. The second-order valence-electron chi connectivity index (χ2n) is 8.44. The van der Waals surface area contributed by atoms with E-state index in [9.17, 15) is 4.79 Å². The number of carbonyl (C=O) groups is 1. The predicted molar refractivity (Wildman–Crippen MR) is 111 cm³/mol. The summed E-state index contributed by atoms with van der Waals surface area (Å²) in [5, 5.41) is 7.65. The first-order chi connectivity index (χ1) is 13.5. The Kier molecular flexibility index (Phi) is 5.53. The van der Waals surface area contributed by atoms with Crippen molar-refractivity contribution in [1.29, 1.82) is 5.41 Å². The molecule has 0 aromatic carbocycles. The summed E-state index contributed by atoms with van der Waals surface area (Å²) >= 11 is 0. The van der Waals surface area contributed by atoms with Crippen LogP contribution >= 0.6 is 0 Å². The molecule has 7 nitrogen and oxygen atoms in total. The number of likely N-dealkylation sites (N-methyl/N-ethyl adjacent to an activating group) is 1. The molecule has 2 amide bonds. The number of anilines is 1. The minimum Gasteiger partial charge on any atom is -0.367 e. The lowest BCUT2D eigenvalue weighted by atomic mass is 9.91. The van der Waals surface area contributed by atoms with Crippen LogP contribution in [0, 0.1) is 5.41 Å². The van der Waals surface area contributed by atoms with E-state index in [2.05, 4.69) is 26.7 Å². The smallest absolute Gasteiger partial charge is 0.320 e. The average molecular weight is 385 g/mol. The van der Waals surface area contributed by atoms with E-state index in [1.165, 1.54) is 19.3 Å². The summed E-state index contributed by atoms with van der Waals surface area (Å²) in [5.41, 5.74) is 2.22. The van der Waals surface area contributed by atoms with Crippen molar-refractivity contribution in [2.75, 3.05) is 51.2 Å². The Labute approximate surface area is 167 Å². The van der Waals surface area contributed by atoms with Crippen molar-refractivity contribution >= 4 is 17.4 Å². The molecule has 28 heavy (non-hydrogen) atoms. The molecule has 1 aromatic rings. The summed E-state index contributed by atoms with van der Waals surface area (Å²) in [7, 11) is 2.06. The van der Waals surface area contributed by atoms with Gasteiger partial charge in [0, 0.05) is 52.4 Å². The van der Waals surface area contributed by atoms with Crippen molar-refractivity contribution in [3.8, 4) is 0 Å². The minimum atomic E-state index is 0.202. The van der Waals surface area contributed by atoms with Gasteiger partial charge in [-0.05, 0) is 38.3 Å². The quantitative estimate of drug-likeness (QED) is 0.809. The molecule has 1 aromatic heterocycles. The highest BCUT2D eigenvalue weighted by atomic mass is 16.2. The number of hydrogen-bond acceptors (Lipinski definition) is 5. The van der Waals surface area contributed by atoms with Crippen molar-refractivity contribution < 1.29 is 4.79 Å². The summed E-state index contributed by atoms with van der Waals surface area (Å²) in [6.07, 6.45) is 6.95. The van der Waals surface area contributed by atoms with Gasteiger partial charge in [0.2, 0.25) is 0 Å². The molecule has 1 N–H and O–H groups in total. The molecule has 3 fully saturated rings. The molecule has 4 rings (SSSR count). The fourth-order valence-electron chi connectivity index (χ4n) is 4.33. The summed E-state index contributed by atoms with van der Waals surface area (Å²) in [5.74, 6) is 0. The van der Waals surface area contributed by atoms with Gasteiger partial charge in [0.25, 0.3) is 0 Å². The van der Waals surface area contributed by atoms with Gasteiger partial charge in [0.1, 0.15) is 0 Å². The molecule has 0 spiro atoms. The number of amides is 2. The van der Waals surface area contributed by atoms with E-state index in [4.69, 9.17) is 5.41 Å². The molecule has 2 saturated heterocycles. The SMILES string of the molecule is CC(=N)c1ccc(N(C)C2CN(C(=O)N3CCCN(C4CCC4)CC3)C2)cn1. The van der Waals surface area contributed by atoms with Gasteiger partial charge < -0.3 is 20.1 Å². The Hall–Kier alpha value is -2.15. The van der Waals surface area contributed by atoms with Gasteiger partial charge in [-0.2, -0.15) is 0 Å². The number of urea groups is 1. The molecule has 1 aliphatic carbocycles. The molecule has 1 saturated carbocycles. The topological polar surface area (TPSA) is 66.8 Å². The Bertz CT molecular complexity index is 710. The summed E-state index contributed by atoms with van der Waals surface area (Å²) in [4.78, 5) is 26.1. The first kappa shape index (κ1) is 19.2. The largest absolute Gasteiger partial charge is 0.367 e. The van der Waals surface area contributed by atoms with Crippen LogP contribution in [0.4, 0.5) is 10.5 Å². The Balaban J connectivity index is 1.27. The van der Waals surface area contributed by atoms with Gasteiger partial charge in [0.05, 0.1) is 29.3 Å². The summed E-state index contributed by atoms with van der Waals surface area (Å²) in [6, 6.07) is 5.20. The number of carbonyl (C=O) groups excluding carboxylic acids is 1. The summed E-state index contributed by atoms with van der Waals surface area (Å²) < 4.78 is 0. The molecule has 7 heteroatoms. The fraction of sp³-hybridized carbons (Fsp3) is 0.667. The Morgan fingerprint density at radius 2 is 1.89 bits per heavy atom. The number of likely N-dealkylation sites (tertiary alicyclic amines) is 1. The van der Waals surface area contributed by atoms with Gasteiger partial charge >= 0.3 is 6.03 Å². The maximum Gasteiger partial charge on any atom is 0.320 e. The summed E-state index contributed by atoms with van der Waals surface area (Å²) in [6.45, 7) is 7.19. The van der Waals surface area contributed by atoms with E-state index in [0.717, 1.165) is 57.4 Å². The van der Waals surface area contributed by atoms with E-state index < -0.39 is 0 Å². The van der Waals surface area contributed by atoms with Gasteiger partial charge in [-0.15, -0.1) is 0 Å². The molecular weight excluding hydrogens is 352 g/mol.